The van der Waals surface area contributed by atoms with Crippen LogP contribution in [0.1, 0.15) is 28.9 Å². The fourth-order valence-corrected chi connectivity index (χ4v) is 2.99. The van der Waals surface area contributed by atoms with E-state index in [2.05, 4.69) is 10.1 Å². The van der Waals surface area contributed by atoms with Crippen LogP contribution in [0.2, 0.25) is 0 Å². The van der Waals surface area contributed by atoms with Gasteiger partial charge in [0, 0.05) is 5.56 Å². The van der Waals surface area contributed by atoms with E-state index < -0.39 is 6.61 Å². The number of ether oxygens (including phenoxy) is 2. The molecule has 4 nitrogen and oxygen atoms in total. The molecule has 140 valence electrons. The molecular formula is C21H19F2NO3. The van der Waals surface area contributed by atoms with E-state index in [0.29, 0.717) is 5.56 Å². The molecular weight excluding hydrogens is 352 g/mol. The van der Waals surface area contributed by atoms with Crippen LogP contribution in [0.3, 0.4) is 0 Å². The van der Waals surface area contributed by atoms with Gasteiger partial charge in [-0.25, -0.2) is 0 Å². The minimum Gasteiger partial charge on any atom is -0.493 e. The fourth-order valence-electron chi connectivity index (χ4n) is 2.99. The lowest BCUT2D eigenvalue weighted by atomic mass is 9.99. The summed E-state index contributed by atoms with van der Waals surface area (Å²) < 4.78 is 34.3. The molecule has 27 heavy (non-hydrogen) atoms. The molecule has 0 saturated carbocycles. The van der Waals surface area contributed by atoms with Crippen molar-refractivity contribution in [1.82, 2.24) is 5.32 Å². The molecule has 0 spiro atoms. The van der Waals surface area contributed by atoms with Gasteiger partial charge in [-0.05, 0) is 41.5 Å². The van der Waals surface area contributed by atoms with Crippen molar-refractivity contribution in [3.8, 4) is 11.5 Å². The van der Waals surface area contributed by atoms with Gasteiger partial charge < -0.3 is 14.8 Å². The van der Waals surface area contributed by atoms with E-state index in [9.17, 15) is 13.6 Å². The largest absolute Gasteiger partial charge is 0.493 e. The summed E-state index contributed by atoms with van der Waals surface area (Å²) in [5.74, 6) is -0.385. The average molecular weight is 371 g/mol. The second-order valence-corrected chi connectivity index (χ2v) is 6.01. The average Bonchev–Trinajstić information content (AvgIpc) is 2.67. The van der Waals surface area contributed by atoms with Gasteiger partial charge in [0.05, 0.1) is 13.2 Å². The van der Waals surface area contributed by atoms with Gasteiger partial charge in [-0.3, -0.25) is 4.79 Å². The zero-order valence-electron chi connectivity index (χ0n) is 14.9. The first-order valence-corrected chi connectivity index (χ1v) is 8.41. The lowest BCUT2D eigenvalue weighted by molar-refractivity contribution is -0.0512. The van der Waals surface area contributed by atoms with E-state index in [1.165, 1.54) is 25.3 Å². The Labute approximate surface area is 155 Å². The zero-order chi connectivity index (χ0) is 19.4. The quantitative estimate of drug-likeness (QED) is 0.668. The third-order valence-corrected chi connectivity index (χ3v) is 4.28. The standard InChI is InChI=1S/C21H19F2NO3/c1-13(16-9-5-7-14-6-3-4-8-17(14)16)24-20(25)15-10-11-18(27-21(22)23)19(12-15)26-2/h3-13,21H,1-2H3,(H,24,25). The van der Waals surface area contributed by atoms with Crippen molar-refractivity contribution in [2.45, 2.75) is 19.6 Å². The predicted octanol–water partition coefficient (Wildman–Crippen LogP) is 4.94. The summed E-state index contributed by atoms with van der Waals surface area (Å²) in [5, 5.41) is 5.08. The number of carbonyl (C=O) groups excluding carboxylic acids is 1. The monoisotopic (exact) mass is 371 g/mol. The molecule has 0 aliphatic carbocycles. The molecule has 0 heterocycles. The Morgan fingerprint density at radius 2 is 1.74 bits per heavy atom. The van der Waals surface area contributed by atoms with Crippen molar-refractivity contribution in [2.24, 2.45) is 0 Å². The highest BCUT2D eigenvalue weighted by atomic mass is 19.3. The molecule has 0 fully saturated rings. The summed E-state index contributed by atoms with van der Waals surface area (Å²) in [6.07, 6.45) is 0. The maximum Gasteiger partial charge on any atom is 0.387 e. The molecule has 3 aromatic carbocycles. The lowest BCUT2D eigenvalue weighted by Gasteiger charge is -2.17. The number of hydrogen-bond acceptors (Lipinski definition) is 3. The molecule has 0 radical (unpaired) electrons. The van der Waals surface area contributed by atoms with E-state index in [0.717, 1.165) is 16.3 Å². The highest BCUT2D eigenvalue weighted by molar-refractivity contribution is 5.95. The molecule has 0 bridgehead atoms. The SMILES string of the molecule is COc1cc(C(=O)NC(C)c2cccc3ccccc23)ccc1OC(F)F. The van der Waals surface area contributed by atoms with Gasteiger partial charge in [-0.2, -0.15) is 8.78 Å². The van der Waals surface area contributed by atoms with Crippen LogP contribution in [0.15, 0.2) is 60.7 Å². The molecule has 3 aromatic rings. The first kappa shape index (κ1) is 18.6. The number of amides is 1. The van der Waals surface area contributed by atoms with Crippen LogP contribution >= 0.6 is 0 Å². The molecule has 1 unspecified atom stereocenters. The molecule has 1 N–H and O–H groups in total. The number of methoxy groups -OCH3 is 1. The number of alkyl halides is 2. The summed E-state index contributed by atoms with van der Waals surface area (Å²) in [6, 6.07) is 17.7. The maximum atomic E-state index is 12.6. The van der Waals surface area contributed by atoms with Crippen LogP contribution in [0.4, 0.5) is 8.78 Å². The molecule has 6 heteroatoms. The van der Waals surface area contributed by atoms with Gasteiger partial charge in [0.1, 0.15) is 0 Å². The number of benzene rings is 3. The Morgan fingerprint density at radius 3 is 2.48 bits per heavy atom. The van der Waals surface area contributed by atoms with Gasteiger partial charge in [-0.1, -0.05) is 42.5 Å². The highest BCUT2D eigenvalue weighted by Gasteiger charge is 2.17. The Bertz CT molecular complexity index is 954. The van der Waals surface area contributed by atoms with E-state index in [1.54, 1.807) is 0 Å². The fraction of sp³-hybridized carbons (Fsp3) is 0.190. The summed E-state index contributed by atoms with van der Waals surface area (Å²) >= 11 is 0. The molecule has 3 rings (SSSR count). The van der Waals surface area contributed by atoms with Crippen LogP contribution in [0.25, 0.3) is 10.8 Å². The van der Waals surface area contributed by atoms with Crippen LogP contribution in [-0.4, -0.2) is 19.6 Å². The maximum absolute atomic E-state index is 12.6. The van der Waals surface area contributed by atoms with Crippen molar-refractivity contribution >= 4 is 16.7 Å². The van der Waals surface area contributed by atoms with Gasteiger partial charge >= 0.3 is 6.61 Å². The van der Waals surface area contributed by atoms with E-state index >= 15 is 0 Å². The Morgan fingerprint density at radius 1 is 1.00 bits per heavy atom. The summed E-state index contributed by atoms with van der Waals surface area (Å²) in [6.45, 7) is -1.07. The van der Waals surface area contributed by atoms with Crippen LogP contribution < -0.4 is 14.8 Å². The number of carbonyl (C=O) groups is 1. The van der Waals surface area contributed by atoms with Crippen LogP contribution in [0, 0.1) is 0 Å². The molecule has 0 aromatic heterocycles. The van der Waals surface area contributed by atoms with Crippen LogP contribution in [-0.2, 0) is 0 Å². The summed E-state index contributed by atoms with van der Waals surface area (Å²) in [7, 11) is 1.33. The number of fused-ring (bicyclic) bond motifs is 1. The first-order chi connectivity index (χ1) is 13.0. The second-order valence-electron chi connectivity index (χ2n) is 6.01. The minimum absolute atomic E-state index is 0.0702. The Hall–Kier alpha value is -3.15. The summed E-state index contributed by atoms with van der Waals surface area (Å²) in [5.41, 5.74) is 1.28. The molecule has 0 aliphatic rings. The van der Waals surface area contributed by atoms with Crippen molar-refractivity contribution in [1.29, 1.82) is 0 Å². The lowest BCUT2D eigenvalue weighted by Crippen LogP contribution is -2.26. The summed E-state index contributed by atoms with van der Waals surface area (Å²) in [4.78, 5) is 12.6. The number of nitrogens with one attached hydrogen (secondary N) is 1. The highest BCUT2D eigenvalue weighted by Crippen LogP contribution is 2.30. The van der Waals surface area contributed by atoms with Crippen molar-refractivity contribution in [2.75, 3.05) is 7.11 Å². The minimum atomic E-state index is -2.97. The van der Waals surface area contributed by atoms with E-state index in [-0.39, 0.29) is 23.4 Å². The molecule has 1 atom stereocenters. The third-order valence-electron chi connectivity index (χ3n) is 4.28. The number of rotatable bonds is 6. The van der Waals surface area contributed by atoms with E-state index in [1.807, 2.05) is 49.4 Å². The molecule has 0 aliphatic heterocycles. The Kier molecular flexibility index (Phi) is 5.54. The van der Waals surface area contributed by atoms with Gasteiger partial charge in [-0.15, -0.1) is 0 Å². The smallest absolute Gasteiger partial charge is 0.387 e. The topological polar surface area (TPSA) is 47.6 Å². The predicted molar refractivity (Wildman–Crippen MR) is 99.5 cm³/mol. The number of hydrogen-bond donors (Lipinski definition) is 1. The Balaban J connectivity index is 1.82. The zero-order valence-corrected chi connectivity index (χ0v) is 14.9. The van der Waals surface area contributed by atoms with Crippen molar-refractivity contribution in [3.05, 3.63) is 71.8 Å². The number of halogens is 2. The van der Waals surface area contributed by atoms with Gasteiger partial charge in [0.25, 0.3) is 5.91 Å². The van der Waals surface area contributed by atoms with Crippen molar-refractivity contribution in [3.63, 3.8) is 0 Å². The van der Waals surface area contributed by atoms with Crippen LogP contribution in [0.5, 0.6) is 11.5 Å². The van der Waals surface area contributed by atoms with Crippen molar-refractivity contribution < 1.29 is 23.0 Å². The first-order valence-electron chi connectivity index (χ1n) is 8.41. The second kappa shape index (κ2) is 8.03. The third kappa shape index (κ3) is 4.16. The van der Waals surface area contributed by atoms with Gasteiger partial charge in [0.2, 0.25) is 0 Å². The van der Waals surface area contributed by atoms with Gasteiger partial charge in [0.15, 0.2) is 11.5 Å². The normalized spacial score (nSPS) is 12.0. The molecule has 1 amide bonds. The molecule has 0 saturated heterocycles. The van der Waals surface area contributed by atoms with E-state index in [4.69, 9.17) is 4.74 Å².